The lowest BCUT2D eigenvalue weighted by molar-refractivity contribution is -0.151. The number of thioether (sulfide) groups is 1. The molecule has 0 spiro atoms. The SMILES string of the molecule is Cc1cccc(SC2(C(=O)O)COC2)c1. The van der Waals surface area contributed by atoms with Gasteiger partial charge in [0.05, 0.1) is 13.2 Å². The van der Waals surface area contributed by atoms with Crippen LogP contribution in [-0.2, 0) is 9.53 Å². The minimum Gasteiger partial charge on any atom is -0.480 e. The molecule has 3 nitrogen and oxygen atoms in total. The molecule has 0 radical (unpaired) electrons. The fraction of sp³-hybridized carbons (Fsp3) is 0.364. The third-order valence-electron chi connectivity index (χ3n) is 2.36. The summed E-state index contributed by atoms with van der Waals surface area (Å²) in [7, 11) is 0. The van der Waals surface area contributed by atoms with Crippen molar-refractivity contribution >= 4 is 17.7 Å². The van der Waals surface area contributed by atoms with Crippen molar-refractivity contribution in [3.05, 3.63) is 29.8 Å². The molecule has 0 aromatic heterocycles. The fourth-order valence-electron chi connectivity index (χ4n) is 1.42. The van der Waals surface area contributed by atoms with Crippen LogP contribution in [0.1, 0.15) is 5.56 Å². The highest BCUT2D eigenvalue weighted by molar-refractivity contribution is 8.01. The highest BCUT2D eigenvalue weighted by atomic mass is 32.2. The molecule has 2 rings (SSSR count). The third kappa shape index (κ3) is 2.01. The van der Waals surface area contributed by atoms with Crippen LogP contribution in [0.15, 0.2) is 29.2 Å². The number of aryl methyl sites for hydroxylation is 1. The van der Waals surface area contributed by atoms with Crippen molar-refractivity contribution in [1.29, 1.82) is 0 Å². The standard InChI is InChI=1S/C11H12O3S/c1-8-3-2-4-9(5-8)15-11(10(12)13)6-14-7-11/h2-5H,6-7H2,1H3,(H,12,13). The van der Waals surface area contributed by atoms with E-state index in [1.54, 1.807) is 0 Å². The predicted octanol–water partition coefficient (Wildman–Crippen LogP) is 1.94. The first-order valence-corrected chi connectivity index (χ1v) is 5.51. The highest BCUT2D eigenvalue weighted by Gasteiger charge is 2.47. The minimum absolute atomic E-state index is 0.293. The maximum absolute atomic E-state index is 11.1. The van der Waals surface area contributed by atoms with Crippen LogP contribution in [0.2, 0.25) is 0 Å². The van der Waals surface area contributed by atoms with Gasteiger partial charge in [0.15, 0.2) is 4.75 Å². The number of hydrogen-bond donors (Lipinski definition) is 1. The van der Waals surface area contributed by atoms with Gasteiger partial charge < -0.3 is 9.84 Å². The molecule has 80 valence electrons. The Hall–Kier alpha value is -1.00. The second kappa shape index (κ2) is 3.87. The number of carbonyl (C=O) groups is 1. The van der Waals surface area contributed by atoms with Gasteiger partial charge in [0.25, 0.3) is 0 Å². The maximum Gasteiger partial charge on any atom is 0.324 e. The van der Waals surface area contributed by atoms with E-state index in [9.17, 15) is 4.79 Å². The van der Waals surface area contributed by atoms with Gasteiger partial charge in [-0.25, -0.2) is 0 Å². The molecule has 1 aliphatic rings. The van der Waals surface area contributed by atoms with Crippen LogP contribution in [0, 0.1) is 6.92 Å². The molecule has 1 aromatic rings. The van der Waals surface area contributed by atoms with E-state index >= 15 is 0 Å². The zero-order valence-electron chi connectivity index (χ0n) is 8.40. The Morgan fingerprint density at radius 1 is 1.53 bits per heavy atom. The number of carboxylic acids is 1. The zero-order valence-corrected chi connectivity index (χ0v) is 9.21. The van der Waals surface area contributed by atoms with Crippen LogP contribution < -0.4 is 0 Å². The molecule has 15 heavy (non-hydrogen) atoms. The lowest BCUT2D eigenvalue weighted by atomic mass is 10.1. The summed E-state index contributed by atoms with van der Waals surface area (Å²) in [5.74, 6) is -0.791. The summed E-state index contributed by atoms with van der Waals surface area (Å²) in [6.45, 7) is 2.58. The molecule has 1 aromatic carbocycles. The normalized spacial score (nSPS) is 18.2. The van der Waals surface area contributed by atoms with Crippen molar-refractivity contribution in [2.75, 3.05) is 13.2 Å². The first-order chi connectivity index (χ1) is 7.12. The van der Waals surface area contributed by atoms with E-state index in [1.807, 2.05) is 31.2 Å². The quantitative estimate of drug-likeness (QED) is 0.852. The fourth-order valence-corrected chi connectivity index (χ4v) is 2.63. The van der Waals surface area contributed by atoms with Crippen LogP contribution >= 0.6 is 11.8 Å². The summed E-state index contributed by atoms with van der Waals surface area (Å²) in [5, 5.41) is 9.11. The van der Waals surface area contributed by atoms with Gasteiger partial charge in [-0.2, -0.15) is 0 Å². The number of rotatable bonds is 3. The van der Waals surface area contributed by atoms with Gasteiger partial charge in [-0.15, -0.1) is 11.8 Å². The van der Waals surface area contributed by atoms with Crippen molar-refractivity contribution in [2.24, 2.45) is 0 Å². The van der Waals surface area contributed by atoms with E-state index in [-0.39, 0.29) is 0 Å². The van der Waals surface area contributed by atoms with Gasteiger partial charge in [0, 0.05) is 4.90 Å². The van der Waals surface area contributed by atoms with E-state index in [0.29, 0.717) is 13.2 Å². The molecule has 1 heterocycles. The van der Waals surface area contributed by atoms with Gasteiger partial charge in [-0.3, -0.25) is 4.79 Å². The molecule has 0 saturated carbocycles. The lowest BCUT2D eigenvalue weighted by Gasteiger charge is -2.36. The molecule has 0 unspecified atom stereocenters. The Labute approximate surface area is 92.4 Å². The Morgan fingerprint density at radius 2 is 2.27 bits per heavy atom. The second-order valence-corrected chi connectivity index (χ2v) is 5.17. The van der Waals surface area contributed by atoms with Crippen LogP contribution in [0.5, 0.6) is 0 Å². The Morgan fingerprint density at radius 3 is 2.73 bits per heavy atom. The smallest absolute Gasteiger partial charge is 0.324 e. The van der Waals surface area contributed by atoms with E-state index in [1.165, 1.54) is 11.8 Å². The monoisotopic (exact) mass is 224 g/mol. The molecule has 1 saturated heterocycles. The Kier molecular flexibility index (Phi) is 2.71. The van der Waals surface area contributed by atoms with Crippen molar-refractivity contribution in [3.63, 3.8) is 0 Å². The van der Waals surface area contributed by atoms with E-state index < -0.39 is 10.7 Å². The number of ether oxygens (including phenoxy) is 1. The Balaban J connectivity index is 2.17. The molecule has 1 N–H and O–H groups in total. The number of aliphatic carboxylic acids is 1. The average molecular weight is 224 g/mol. The molecule has 0 amide bonds. The molecule has 0 atom stereocenters. The Bertz CT molecular complexity index is 385. The molecule has 0 bridgehead atoms. The second-order valence-electron chi connectivity index (χ2n) is 3.71. The van der Waals surface area contributed by atoms with E-state index in [2.05, 4.69) is 0 Å². The highest BCUT2D eigenvalue weighted by Crippen LogP contribution is 2.39. The minimum atomic E-state index is -0.791. The van der Waals surface area contributed by atoms with Crippen molar-refractivity contribution < 1.29 is 14.6 Å². The largest absolute Gasteiger partial charge is 0.480 e. The molecule has 1 fully saturated rings. The predicted molar refractivity (Wildman–Crippen MR) is 58.2 cm³/mol. The van der Waals surface area contributed by atoms with Crippen molar-refractivity contribution in [3.8, 4) is 0 Å². The first-order valence-electron chi connectivity index (χ1n) is 4.69. The average Bonchev–Trinajstić information content (AvgIpc) is 2.11. The summed E-state index contributed by atoms with van der Waals surface area (Å²) < 4.78 is 4.23. The summed E-state index contributed by atoms with van der Waals surface area (Å²) in [4.78, 5) is 12.1. The molecule has 4 heteroatoms. The van der Waals surface area contributed by atoms with Crippen LogP contribution in [0.25, 0.3) is 0 Å². The van der Waals surface area contributed by atoms with E-state index in [4.69, 9.17) is 9.84 Å². The number of benzene rings is 1. The summed E-state index contributed by atoms with van der Waals surface area (Å²) in [5.41, 5.74) is 1.14. The summed E-state index contributed by atoms with van der Waals surface area (Å²) in [6.07, 6.45) is 0. The molecule has 1 aliphatic heterocycles. The van der Waals surface area contributed by atoms with Gasteiger partial charge in [-0.1, -0.05) is 17.7 Å². The van der Waals surface area contributed by atoms with Gasteiger partial charge in [0.1, 0.15) is 0 Å². The van der Waals surface area contributed by atoms with Gasteiger partial charge >= 0.3 is 5.97 Å². The maximum atomic E-state index is 11.1. The first kappa shape index (κ1) is 10.5. The molecular formula is C11H12O3S. The third-order valence-corrected chi connectivity index (χ3v) is 3.65. The van der Waals surface area contributed by atoms with Crippen LogP contribution in [0.3, 0.4) is 0 Å². The summed E-state index contributed by atoms with van der Waals surface area (Å²) >= 11 is 1.38. The van der Waals surface area contributed by atoms with Gasteiger partial charge in [0.2, 0.25) is 0 Å². The zero-order chi connectivity index (χ0) is 10.9. The lowest BCUT2D eigenvalue weighted by Crippen LogP contribution is -2.53. The number of carboxylic acid groups (broad SMARTS) is 1. The van der Waals surface area contributed by atoms with E-state index in [0.717, 1.165) is 10.5 Å². The van der Waals surface area contributed by atoms with Crippen molar-refractivity contribution in [1.82, 2.24) is 0 Å². The number of hydrogen-bond acceptors (Lipinski definition) is 3. The molecular weight excluding hydrogens is 212 g/mol. The van der Waals surface area contributed by atoms with Crippen molar-refractivity contribution in [2.45, 2.75) is 16.6 Å². The van der Waals surface area contributed by atoms with Crippen LogP contribution in [0.4, 0.5) is 0 Å². The van der Waals surface area contributed by atoms with Gasteiger partial charge in [-0.05, 0) is 19.1 Å². The topological polar surface area (TPSA) is 46.5 Å². The summed E-state index contributed by atoms with van der Waals surface area (Å²) in [6, 6.07) is 7.86. The van der Waals surface area contributed by atoms with Crippen LogP contribution in [-0.4, -0.2) is 29.0 Å². The molecule has 0 aliphatic carbocycles.